The summed E-state index contributed by atoms with van der Waals surface area (Å²) in [5, 5.41) is 67.0. The summed E-state index contributed by atoms with van der Waals surface area (Å²) in [5.41, 5.74) is 17.3. The maximum Gasteiger partial charge on any atom is 0.416 e. The highest BCUT2D eigenvalue weighted by Crippen LogP contribution is 2.53. The number of primary amides is 1. The first kappa shape index (κ1) is 101. The van der Waals surface area contributed by atoms with E-state index < -0.39 is 48.6 Å². The normalized spacial score (nSPS) is 17.4. The number of halogens is 3. The predicted octanol–water partition coefficient (Wildman–Crippen LogP) is 8.75. The Balaban J connectivity index is 0.000000151. The van der Waals surface area contributed by atoms with Gasteiger partial charge in [-0.2, -0.15) is 13.2 Å². The molecular formula is C98H128F3N17O11S4. The van der Waals surface area contributed by atoms with Crippen LogP contribution in [0.3, 0.4) is 0 Å². The summed E-state index contributed by atoms with van der Waals surface area (Å²) in [5.74, 6) is -1.25. The van der Waals surface area contributed by atoms with Gasteiger partial charge in [0.15, 0.2) is 0 Å². The highest BCUT2D eigenvalue weighted by molar-refractivity contribution is 8.00. The molecular weight excluding hydrogens is 1780 g/mol. The second-order valence-electron chi connectivity index (χ2n) is 34.7. The molecule has 0 aliphatic carbocycles. The van der Waals surface area contributed by atoms with Crippen LogP contribution in [-0.4, -0.2) is 347 Å². The summed E-state index contributed by atoms with van der Waals surface area (Å²) in [7, 11) is 1.64. The smallest absolute Gasteiger partial charge is 0.394 e. The summed E-state index contributed by atoms with van der Waals surface area (Å²) in [4.78, 5) is 95.6. The van der Waals surface area contributed by atoms with Gasteiger partial charge in [-0.25, -0.2) is 0 Å². The van der Waals surface area contributed by atoms with Crippen molar-refractivity contribution in [1.29, 1.82) is 0 Å². The summed E-state index contributed by atoms with van der Waals surface area (Å²) in [6.45, 7) is 26.7. The van der Waals surface area contributed by atoms with E-state index in [2.05, 4.69) is 211 Å². The molecule has 8 aliphatic heterocycles. The van der Waals surface area contributed by atoms with E-state index in [-0.39, 0.29) is 63.0 Å². The van der Waals surface area contributed by atoms with E-state index in [4.69, 9.17) is 21.1 Å². The van der Waals surface area contributed by atoms with E-state index in [0.29, 0.717) is 38.4 Å². The van der Waals surface area contributed by atoms with Crippen LogP contribution in [-0.2, 0) is 30.1 Å². The number of alkyl halides is 3. The molecule has 0 spiro atoms. The standard InChI is InChI=1S/C25H33N5O3S.C25H34N4O4S.C25H34N4O3S.C23H27F3N4OS/c1-18-7-8-23-21(15-18)30(20-5-2-3-6-22(20)34-23)10-4-9-28-11-13-29(14-12-28)16-24(32)27-19(17-31)25(26)33;1-18-6-7-24-22(12-18)29(21-4-2-3-5-23(21)34-24)15-20(32)14-27-8-10-28(11-9-27)16-25(33)26-13-19(31)17-30;1-19-7-8-24-22(15-19)29(21-5-2-3-6-23(21)33-24)10-4-9-27-11-13-28(14-12-27)17-25(32)26-16-20(31)18-30;1-27-22(31)16-29-13-11-28(12-14-29)9-4-10-30-18-5-2-3-6-20(18)32-21-8-7-17(15-19(21)30)23(24,25)26/h2-3,5-8,15,19,31H,4,9-14,16-17H2,1H3,(H2,26,33)(H,27,32);2-7,12,19-20,30-32H,8-11,13-17H2,1H3,(H,26,33);2-3,5-8,15,20,30-31H,4,9-14,16-18H2,1H3,(H,26,32);2-3,5-8,15H,4,9-14,16H2,1H3,(H,27,31)/t19-;19-,20?;20-;/m000./s1. The van der Waals surface area contributed by atoms with Crippen LogP contribution in [0.1, 0.15) is 41.5 Å². The number of likely N-dealkylation sites (N-methyl/N-ethyl adjacent to an activating group) is 1. The number of aryl methyl sites for hydroxylation is 3. The minimum absolute atomic E-state index is 0.0250. The fourth-order valence-corrected chi connectivity index (χ4v) is 21.7. The number of anilines is 8. The zero-order chi connectivity index (χ0) is 94.1. The maximum atomic E-state index is 13.3. The lowest BCUT2D eigenvalue weighted by molar-refractivity contribution is -0.137. The van der Waals surface area contributed by atoms with E-state index in [0.717, 1.165) is 190 Å². The number of para-hydroxylation sites is 4. The number of fused-ring (bicyclic) bond motifs is 8. The van der Waals surface area contributed by atoms with Crippen LogP contribution in [0.2, 0.25) is 0 Å². The van der Waals surface area contributed by atoms with Crippen LogP contribution in [0, 0.1) is 20.8 Å². The number of benzene rings is 8. The van der Waals surface area contributed by atoms with Crippen LogP contribution >= 0.6 is 47.0 Å². The number of carbonyl (C=O) groups is 5. The highest BCUT2D eigenvalue weighted by atomic mass is 32.2. The van der Waals surface area contributed by atoms with Crippen LogP contribution < -0.4 is 46.6 Å². The van der Waals surface area contributed by atoms with Gasteiger partial charge >= 0.3 is 6.18 Å². The van der Waals surface area contributed by atoms with Gasteiger partial charge in [0.05, 0.1) is 122 Å². The van der Waals surface area contributed by atoms with E-state index in [1.165, 1.54) is 86.6 Å². The molecule has 0 saturated carbocycles. The van der Waals surface area contributed by atoms with Crippen molar-refractivity contribution in [2.45, 2.75) is 110 Å². The number of hydrogen-bond acceptors (Lipinski definition) is 27. The van der Waals surface area contributed by atoms with E-state index in [1.54, 1.807) is 24.9 Å². The van der Waals surface area contributed by atoms with Crippen LogP contribution in [0.4, 0.5) is 58.7 Å². The third-order valence-corrected chi connectivity index (χ3v) is 29.2. The minimum Gasteiger partial charge on any atom is -0.394 e. The number of hydrogen-bond donors (Lipinski definition) is 11. The molecule has 0 bridgehead atoms. The maximum absolute atomic E-state index is 13.3. The number of nitrogens with two attached hydrogens (primary N) is 1. The van der Waals surface area contributed by atoms with Gasteiger partial charge in [-0.1, -0.05) is 114 Å². The zero-order valence-corrected chi connectivity index (χ0v) is 79.6. The quantitative estimate of drug-likeness (QED) is 0.0183. The predicted molar refractivity (Wildman–Crippen MR) is 521 cm³/mol. The van der Waals surface area contributed by atoms with Gasteiger partial charge in [0.2, 0.25) is 29.5 Å². The molecule has 8 heterocycles. The summed E-state index contributed by atoms with van der Waals surface area (Å²) < 4.78 is 40.0. The number of nitrogens with zero attached hydrogens (tertiary/aromatic N) is 12. The Morgan fingerprint density at radius 2 is 0.654 bits per heavy atom. The molecule has 716 valence electrons. The molecule has 35 heteroatoms. The van der Waals surface area contributed by atoms with Crippen LogP contribution in [0.25, 0.3) is 0 Å². The Morgan fingerprint density at radius 1 is 0.353 bits per heavy atom. The third kappa shape index (κ3) is 29.0. The molecule has 16 rings (SSSR count). The molecule has 4 saturated heterocycles. The van der Waals surface area contributed by atoms with E-state index >= 15 is 0 Å². The molecule has 5 amide bonds. The average molecular weight is 1910 g/mol. The lowest BCUT2D eigenvalue weighted by Gasteiger charge is -2.38. The molecule has 4 fully saturated rings. The number of carbonyl (C=O) groups excluding carboxylic acids is 5. The molecule has 4 atom stereocenters. The summed E-state index contributed by atoms with van der Waals surface area (Å²) in [6.07, 6.45) is -3.74. The van der Waals surface area contributed by atoms with Crippen molar-refractivity contribution >= 4 is 122 Å². The highest BCUT2D eigenvalue weighted by Gasteiger charge is 2.36. The van der Waals surface area contributed by atoms with Gasteiger partial charge in [-0.05, 0) is 179 Å². The lowest BCUT2D eigenvalue weighted by atomic mass is 10.1. The Hall–Kier alpha value is -9.06. The van der Waals surface area contributed by atoms with Crippen LogP contribution in [0.15, 0.2) is 209 Å². The second kappa shape index (κ2) is 49.6. The van der Waals surface area contributed by atoms with Crippen molar-refractivity contribution in [2.24, 2.45) is 5.73 Å². The number of aliphatic hydroxyl groups is 6. The largest absolute Gasteiger partial charge is 0.416 e. The number of aliphatic hydroxyl groups excluding tert-OH is 6. The lowest BCUT2D eigenvalue weighted by Crippen LogP contribution is -2.53. The fraction of sp³-hybridized carbons (Fsp3) is 0.459. The Labute approximate surface area is 795 Å². The number of piperazine rings is 4. The van der Waals surface area contributed by atoms with Crippen molar-refractivity contribution in [2.75, 3.05) is 243 Å². The van der Waals surface area contributed by atoms with E-state index in [1.807, 2.05) is 64.8 Å². The zero-order valence-electron chi connectivity index (χ0n) is 76.4. The summed E-state index contributed by atoms with van der Waals surface area (Å²) >= 11 is 6.98. The fourth-order valence-electron chi connectivity index (χ4n) is 17.4. The SMILES string of the molecule is CNC(=O)CN1CCN(CCCN2c3ccccc3Sc3ccc(C(F)(F)F)cc32)CC1.Cc1ccc2c(c1)N(CC(O)CN1CCN(CC(=O)NC[C@H](O)CO)CC1)c1ccccc1S2.Cc1ccc2c(c1)N(CCCN1CCN(CC(=O)NC[C@H](O)CO)CC1)c1ccccc1S2.Cc1ccc2c(c1)N(CCCN1CCN(CC(=O)N[C@@H](CO)C(N)=O)CC1)c1ccccc1S2. The van der Waals surface area contributed by atoms with Crippen molar-refractivity contribution in [3.05, 3.63) is 192 Å². The molecule has 8 aromatic carbocycles. The molecule has 0 aromatic heterocycles. The van der Waals surface area contributed by atoms with Crippen molar-refractivity contribution < 1.29 is 67.8 Å². The molecule has 8 aliphatic rings. The molecule has 8 aromatic rings. The van der Waals surface area contributed by atoms with E-state index in [9.17, 15) is 52.5 Å². The first-order valence-electron chi connectivity index (χ1n) is 45.9. The average Bonchev–Trinajstić information content (AvgIpc) is 0.780. The first-order valence-corrected chi connectivity index (χ1v) is 49.2. The summed E-state index contributed by atoms with van der Waals surface area (Å²) in [6, 6.07) is 56.3. The Bertz CT molecular complexity index is 5180. The number of rotatable bonds is 33. The Kier molecular flexibility index (Phi) is 37.8. The van der Waals surface area contributed by atoms with Gasteiger partial charge in [-0.15, -0.1) is 0 Å². The molecule has 28 nitrogen and oxygen atoms in total. The van der Waals surface area contributed by atoms with Crippen molar-refractivity contribution in [1.82, 2.24) is 60.5 Å². The molecule has 0 radical (unpaired) electrons. The van der Waals surface area contributed by atoms with Gasteiger partial charge in [0.25, 0.3) is 0 Å². The molecule has 1 unspecified atom stereocenters. The van der Waals surface area contributed by atoms with Gasteiger partial charge in [0.1, 0.15) is 6.04 Å². The van der Waals surface area contributed by atoms with Crippen molar-refractivity contribution in [3.63, 3.8) is 0 Å². The van der Waals surface area contributed by atoms with Crippen molar-refractivity contribution in [3.8, 4) is 0 Å². The third-order valence-electron chi connectivity index (χ3n) is 24.7. The Morgan fingerprint density at radius 3 is 0.992 bits per heavy atom. The first-order chi connectivity index (χ1) is 64.2. The number of amides is 5. The monoisotopic (exact) mass is 1900 g/mol. The van der Waals surface area contributed by atoms with Crippen LogP contribution in [0.5, 0.6) is 0 Å². The van der Waals surface area contributed by atoms with Gasteiger partial charge < -0.3 is 91.9 Å². The second-order valence-corrected chi connectivity index (χ2v) is 39.1. The molecule has 12 N–H and O–H groups in total. The minimum atomic E-state index is -4.36. The van der Waals surface area contributed by atoms with Gasteiger partial charge in [0, 0.05) is 190 Å². The molecule has 133 heavy (non-hydrogen) atoms. The topological polar surface area (TPSA) is 320 Å². The number of β-amino-alcohol motifs (C(OH)–C–C–N with tert-alkyl or cyclic N) is 1. The number of nitrogens with one attached hydrogen (secondary N) is 4. The van der Waals surface area contributed by atoms with Gasteiger partial charge in [-0.3, -0.25) is 48.5 Å².